The Bertz CT molecular complexity index is 467. The minimum Gasteiger partial charge on any atom is -0.496 e. The van der Waals surface area contributed by atoms with Gasteiger partial charge in [0, 0.05) is 0 Å². The summed E-state index contributed by atoms with van der Waals surface area (Å²) in [6.07, 6.45) is 14.9. The molecule has 1 nitrogen and oxygen atoms in total. The molecule has 0 heterocycles. The lowest BCUT2D eigenvalue weighted by Gasteiger charge is -2.28. The highest BCUT2D eigenvalue weighted by atomic mass is 16.5. The molecule has 0 bridgehead atoms. The molecule has 122 valence electrons. The van der Waals surface area contributed by atoms with Gasteiger partial charge in [-0.25, -0.2) is 0 Å². The van der Waals surface area contributed by atoms with Crippen molar-refractivity contribution < 1.29 is 4.74 Å². The summed E-state index contributed by atoms with van der Waals surface area (Å²) in [5.41, 5.74) is 2.92. The predicted molar refractivity (Wildman–Crippen MR) is 95.7 cm³/mol. The maximum Gasteiger partial charge on any atom is 0.122 e. The maximum absolute atomic E-state index is 5.50. The number of allylic oxidation sites excluding steroid dienone is 2. The number of methoxy groups -OCH3 is 1. The highest BCUT2D eigenvalue weighted by Crippen LogP contribution is 2.38. The van der Waals surface area contributed by atoms with Gasteiger partial charge < -0.3 is 4.74 Å². The standard InChI is InChI=1S/C21H32O/c1-4-6-7-9-17-10-12-18(13-11-17)19-14-15-21(22-3)20(16-19)8-5-2/h6-7,14-18H,4-5,8-13H2,1-3H3. The summed E-state index contributed by atoms with van der Waals surface area (Å²) in [6, 6.07) is 6.88. The van der Waals surface area contributed by atoms with E-state index in [-0.39, 0.29) is 0 Å². The second-order valence-corrected chi connectivity index (χ2v) is 6.65. The van der Waals surface area contributed by atoms with Crippen LogP contribution in [0.3, 0.4) is 0 Å². The summed E-state index contributed by atoms with van der Waals surface area (Å²) in [7, 11) is 1.78. The normalized spacial score (nSPS) is 22.1. The lowest BCUT2D eigenvalue weighted by atomic mass is 9.77. The van der Waals surface area contributed by atoms with Crippen LogP contribution in [0.25, 0.3) is 0 Å². The van der Waals surface area contributed by atoms with Gasteiger partial charge in [-0.05, 0) is 74.0 Å². The van der Waals surface area contributed by atoms with Gasteiger partial charge in [0.1, 0.15) is 5.75 Å². The molecule has 1 aliphatic rings. The Balaban J connectivity index is 1.96. The van der Waals surface area contributed by atoms with Crippen LogP contribution in [-0.2, 0) is 6.42 Å². The van der Waals surface area contributed by atoms with Crippen molar-refractivity contribution in [2.24, 2.45) is 5.92 Å². The first-order valence-electron chi connectivity index (χ1n) is 9.10. The third kappa shape index (κ3) is 4.63. The van der Waals surface area contributed by atoms with Crippen molar-refractivity contribution in [1.82, 2.24) is 0 Å². The van der Waals surface area contributed by atoms with Crippen LogP contribution in [0.1, 0.15) is 75.8 Å². The van der Waals surface area contributed by atoms with E-state index in [2.05, 4.69) is 44.2 Å². The van der Waals surface area contributed by atoms with Crippen molar-refractivity contribution in [3.63, 3.8) is 0 Å². The number of hydrogen-bond acceptors (Lipinski definition) is 1. The van der Waals surface area contributed by atoms with Crippen LogP contribution >= 0.6 is 0 Å². The number of benzene rings is 1. The Hall–Kier alpha value is -1.24. The van der Waals surface area contributed by atoms with Crippen LogP contribution in [0.5, 0.6) is 5.75 Å². The zero-order valence-corrected chi connectivity index (χ0v) is 14.6. The van der Waals surface area contributed by atoms with Crippen molar-refractivity contribution >= 4 is 0 Å². The first-order chi connectivity index (χ1) is 10.8. The number of aryl methyl sites for hydroxylation is 1. The molecule has 1 aliphatic carbocycles. The lowest BCUT2D eigenvalue weighted by molar-refractivity contribution is 0.328. The molecule has 1 aromatic carbocycles. The fourth-order valence-corrected chi connectivity index (χ4v) is 3.70. The fraction of sp³-hybridized carbons (Fsp3) is 0.619. The predicted octanol–water partition coefficient (Wildman–Crippen LogP) is 6.28. The minimum absolute atomic E-state index is 0.757. The summed E-state index contributed by atoms with van der Waals surface area (Å²) < 4.78 is 5.50. The highest BCUT2D eigenvalue weighted by Gasteiger charge is 2.22. The van der Waals surface area contributed by atoms with Gasteiger partial charge in [-0.15, -0.1) is 0 Å². The van der Waals surface area contributed by atoms with Crippen molar-refractivity contribution in [2.75, 3.05) is 7.11 Å². The molecule has 0 aromatic heterocycles. The van der Waals surface area contributed by atoms with Crippen LogP contribution in [0.15, 0.2) is 30.4 Å². The maximum atomic E-state index is 5.50. The molecule has 0 saturated heterocycles. The van der Waals surface area contributed by atoms with Crippen molar-refractivity contribution in [3.8, 4) is 5.75 Å². The molecule has 0 aliphatic heterocycles. The first kappa shape index (κ1) is 17.1. The summed E-state index contributed by atoms with van der Waals surface area (Å²) in [4.78, 5) is 0. The van der Waals surface area contributed by atoms with E-state index < -0.39 is 0 Å². The van der Waals surface area contributed by atoms with Crippen LogP contribution in [0, 0.1) is 5.92 Å². The van der Waals surface area contributed by atoms with E-state index in [4.69, 9.17) is 4.74 Å². The van der Waals surface area contributed by atoms with Gasteiger partial charge in [-0.3, -0.25) is 0 Å². The van der Waals surface area contributed by atoms with E-state index >= 15 is 0 Å². The fourth-order valence-electron chi connectivity index (χ4n) is 3.70. The van der Waals surface area contributed by atoms with Gasteiger partial charge in [-0.2, -0.15) is 0 Å². The van der Waals surface area contributed by atoms with E-state index in [1.165, 1.54) is 56.1 Å². The molecule has 0 amide bonds. The summed E-state index contributed by atoms with van der Waals surface area (Å²) in [6.45, 7) is 4.45. The van der Waals surface area contributed by atoms with Crippen molar-refractivity contribution in [2.45, 2.75) is 71.1 Å². The first-order valence-corrected chi connectivity index (χ1v) is 9.10. The molecule has 1 saturated carbocycles. The van der Waals surface area contributed by atoms with Gasteiger partial charge in [0.05, 0.1) is 7.11 Å². The topological polar surface area (TPSA) is 9.23 Å². The Morgan fingerprint density at radius 2 is 1.86 bits per heavy atom. The van der Waals surface area contributed by atoms with Crippen molar-refractivity contribution in [3.05, 3.63) is 41.5 Å². The van der Waals surface area contributed by atoms with Crippen LogP contribution in [0.4, 0.5) is 0 Å². The van der Waals surface area contributed by atoms with Gasteiger partial charge in [0.2, 0.25) is 0 Å². The molecule has 0 unspecified atom stereocenters. The van der Waals surface area contributed by atoms with E-state index in [0.29, 0.717) is 0 Å². The monoisotopic (exact) mass is 300 g/mol. The Kier molecular flexibility index (Phi) is 7.02. The van der Waals surface area contributed by atoms with Crippen LogP contribution in [-0.4, -0.2) is 7.11 Å². The SMILES string of the molecule is CCC=CCC1CCC(c2ccc(OC)c(CCC)c2)CC1. The Labute approximate surface area is 136 Å². The number of ether oxygens (including phenoxy) is 1. The quantitative estimate of drug-likeness (QED) is 0.539. The molecule has 22 heavy (non-hydrogen) atoms. The Morgan fingerprint density at radius 1 is 1.09 bits per heavy atom. The summed E-state index contributed by atoms with van der Waals surface area (Å²) >= 11 is 0. The molecule has 1 fully saturated rings. The second kappa shape index (κ2) is 9.02. The van der Waals surface area contributed by atoms with Crippen LogP contribution in [0.2, 0.25) is 0 Å². The average Bonchev–Trinajstić information content (AvgIpc) is 2.56. The van der Waals surface area contributed by atoms with Gasteiger partial charge in [0.15, 0.2) is 0 Å². The minimum atomic E-state index is 0.757. The molecule has 0 atom stereocenters. The van der Waals surface area contributed by atoms with E-state index in [1.54, 1.807) is 7.11 Å². The highest BCUT2D eigenvalue weighted by molar-refractivity contribution is 5.39. The third-order valence-corrected chi connectivity index (χ3v) is 5.01. The number of hydrogen-bond donors (Lipinski definition) is 0. The van der Waals surface area contributed by atoms with E-state index in [0.717, 1.165) is 24.0 Å². The second-order valence-electron chi connectivity index (χ2n) is 6.65. The van der Waals surface area contributed by atoms with Crippen LogP contribution < -0.4 is 4.74 Å². The van der Waals surface area contributed by atoms with E-state index in [9.17, 15) is 0 Å². The van der Waals surface area contributed by atoms with E-state index in [1.807, 2.05) is 0 Å². The lowest BCUT2D eigenvalue weighted by Crippen LogP contribution is -2.13. The molecule has 0 spiro atoms. The Morgan fingerprint density at radius 3 is 2.50 bits per heavy atom. The van der Waals surface area contributed by atoms with Crippen molar-refractivity contribution in [1.29, 1.82) is 0 Å². The molecular formula is C21H32O. The summed E-state index contributed by atoms with van der Waals surface area (Å²) in [5, 5.41) is 0. The van der Waals surface area contributed by atoms with Gasteiger partial charge in [-0.1, -0.05) is 44.6 Å². The molecular weight excluding hydrogens is 268 g/mol. The molecule has 0 radical (unpaired) electrons. The third-order valence-electron chi connectivity index (χ3n) is 5.01. The molecule has 1 heteroatoms. The average molecular weight is 300 g/mol. The molecule has 1 aromatic rings. The molecule has 2 rings (SSSR count). The zero-order valence-electron chi connectivity index (χ0n) is 14.6. The number of rotatable bonds is 7. The van der Waals surface area contributed by atoms with Gasteiger partial charge >= 0.3 is 0 Å². The largest absolute Gasteiger partial charge is 0.496 e. The smallest absolute Gasteiger partial charge is 0.122 e. The zero-order chi connectivity index (χ0) is 15.8. The summed E-state index contributed by atoms with van der Waals surface area (Å²) in [5.74, 6) is 2.73. The van der Waals surface area contributed by atoms with Gasteiger partial charge in [0.25, 0.3) is 0 Å². The molecule has 0 N–H and O–H groups in total.